The van der Waals surface area contributed by atoms with E-state index in [4.69, 9.17) is 5.73 Å². The van der Waals surface area contributed by atoms with Gasteiger partial charge in [-0.15, -0.1) is 5.10 Å². The molecule has 3 N–H and O–H groups in total. The Kier molecular flexibility index (Phi) is 4.86. The first-order valence-corrected chi connectivity index (χ1v) is 6.83. The molecular weight excluding hydrogens is 244 g/mol. The van der Waals surface area contributed by atoms with Gasteiger partial charge in [0.2, 0.25) is 0 Å². The second-order valence-corrected chi connectivity index (χ2v) is 4.96. The van der Waals surface area contributed by atoms with E-state index < -0.39 is 0 Å². The highest BCUT2D eigenvalue weighted by Crippen LogP contribution is 2.10. The maximum Gasteiger partial charge on any atom is 0.273 e. The first-order valence-electron chi connectivity index (χ1n) is 6.83. The van der Waals surface area contributed by atoms with E-state index in [9.17, 15) is 4.79 Å². The van der Waals surface area contributed by atoms with E-state index in [2.05, 4.69) is 27.5 Å². The quantitative estimate of drug-likeness (QED) is 0.721. The summed E-state index contributed by atoms with van der Waals surface area (Å²) in [6.07, 6.45) is 4.14. The lowest BCUT2D eigenvalue weighted by Gasteiger charge is -2.23. The van der Waals surface area contributed by atoms with Gasteiger partial charge in [0.15, 0.2) is 5.69 Å². The number of rotatable bonds is 6. The molecule has 1 atom stereocenters. The molecule has 0 bridgehead atoms. The summed E-state index contributed by atoms with van der Waals surface area (Å²) in [5, 5.41) is 10.6. The molecule has 7 nitrogen and oxygen atoms in total. The third kappa shape index (κ3) is 3.74. The van der Waals surface area contributed by atoms with Crippen LogP contribution in [0.25, 0.3) is 0 Å². The van der Waals surface area contributed by atoms with Gasteiger partial charge in [-0.05, 0) is 32.9 Å². The molecule has 1 unspecified atom stereocenters. The van der Waals surface area contributed by atoms with Gasteiger partial charge in [0.05, 0.1) is 12.7 Å². The van der Waals surface area contributed by atoms with Crippen LogP contribution in [0.4, 0.5) is 0 Å². The molecular formula is C12H22N6O. The SMILES string of the molecule is CC(CNC(=O)c1cn(CCN)nn1)N1CCCC1. The summed E-state index contributed by atoms with van der Waals surface area (Å²) in [5.41, 5.74) is 5.77. The molecule has 7 heteroatoms. The van der Waals surface area contributed by atoms with Crippen LogP contribution in [-0.4, -0.2) is 58.0 Å². The van der Waals surface area contributed by atoms with Crippen molar-refractivity contribution in [3.8, 4) is 0 Å². The molecule has 19 heavy (non-hydrogen) atoms. The lowest BCUT2D eigenvalue weighted by Crippen LogP contribution is -2.40. The Morgan fingerprint density at radius 1 is 1.53 bits per heavy atom. The number of nitrogens with zero attached hydrogens (tertiary/aromatic N) is 4. The molecule has 2 heterocycles. The predicted octanol–water partition coefficient (Wildman–Crippen LogP) is -0.549. The zero-order chi connectivity index (χ0) is 13.7. The van der Waals surface area contributed by atoms with Gasteiger partial charge in [-0.1, -0.05) is 5.21 Å². The molecule has 106 valence electrons. The molecule has 1 aromatic heterocycles. The number of aromatic nitrogens is 3. The van der Waals surface area contributed by atoms with Crippen LogP contribution in [0.15, 0.2) is 6.20 Å². The van der Waals surface area contributed by atoms with Crippen molar-refractivity contribution in [1.29, 1.82) is 0 Å². The first-order chi connectivity index (χ1) is 9.20. The maximum atomic E-state index is 11.9. The van der Waals surface area contributed by atoms with Gasteiger partial charge in [-0.2, -0.15) is 0 Å². The van der Waals surface area contributed by atoms with E-state index in [0.717, 1.165) is 13.1 Å². The normalized spacial score (nSPS) is 17.6. The van der Waals surface area contributed by atoms with Crippen LogP contribution in [0, 0.1) is 0 Å². The summed E-state index contributed by atoms with van der Waals surface area (Å²) < 4.78 is 1.58. The third-order valence-corrected chi connectivity index (χ3v) is 3.45. The summed E-state index contributed by atoms with van der Waals surface area (Å²) >= 11 is 0. The molecule has 0 aliphatic carbocycles. The number of nitrogens with two attached hydrogens (primary N) is 1. The van der Waals surface area contributed by atoms with Crippen LogP contribution >= 0.6 is 0 Å². The molecule has 1 aliphatic heterocycles. The highest BCUT2D eigenvalue weighted by molar-refractivity contribution is 5.91. The number of carbonyl (C=O) groups excluding carboxylic acids is 1. The van der Waals surface area contributed by atoms with Crippen LogP contribution in [0.2, 0.25) is 0 Å². The van der Waals surface area contributed by atoms with Gasteiger partial charge in [0.25, 0.3) is 5.91 Å². The number of hydrogen-bond acceptors (Lipinski definition) is 5. The van der Waals surface area contributed by atoms with E-state index in [1.165, 1.54) is 12.8 Å². The number of amides is 1. The van der Waals surface area contributed by atoms with Gasteiger partial charge >= 0.3 is 0 Å². The molecule has 1 fully saturated rings. The van der Waals surface area contributed by atoms with E-state index in [1.54, 1.807) is 10.9 Å². The molecule has 0 spiro atoms. The number of likely N-dealkylation sites (tertiary alicyclic amines) is 1. The minimum absolute atomic E-state index is 0.172. The fourth-order valence-corrected chi connectivity index (χ4v) is 2.29. The molecule has 1 aromatic rings. The number of nitrogens with one attached hydrogen (secondary N) is 1. The zero-order valence-corrected chi connectivity index (χ0v) is 11.4. The Hall–Kier alpha value is -1.47. The van der Waals surface area contributed by atoms with Gasteiger partial charge in [0.1, 0.15) is 0 Å². The second-order valence-electron chi connectivity index (χ2n) is 4.96. The van der Waals surface area contributed by atoms with E-state index >= 15 is 0 Å². The molecule has 0 radical (unpaired) electrons. The molecule has 0 aromatic carbocycles. The average molecular weight is 266 g/mol. The largest absolute Gasteiger partial charge is 0.349 e. The van der Waals surface area contributed by atoms with Gasteiger partial charge < -0.3 is 11.1 Å². The number of hydrogen-bond donors (Lipinski definition) is 2. The fraction of sp³-hybridized carbons (Fsp3) is 0.750. The topological polar surface area (TPSA) is 89.1 Å². The van der Waals surface area contributed by atoms with Gasteiger partial charge in [-0.25, -0.2) is 0 Å². The van der Waals surface area contributed by atoms with E-state index in [-0.39, 0.29) is 5.91 Å². The van der Waals surface area contributed by atoms with Crippen LogP contribution in [0.5, 0.6) is 0 Å². The van der Waals surface area contributed by atoms with Crippen molar-refractivity contribution < 1.29 is 4.79 Å². The van der Waals surface area contributed by atoms with Crippen molar-refractivity contribution in [2.75, 3.05) is 26.2 Å². The van der Waals surface area contributed by atoms with Crippen LogP contribution < -0.4 is 11.1 Å². The fourth-order valence-electron chi connectivity index (χ4n) is 2.29. The monoisotopic (exact) mass is 266 g/mol. The minimum atomic E-state index is -0.172. The summed E-state index contributed by atoms with van der Waals surface area (Å²) in [4.78, 5) is 14.3. The Bertz CT molecular complexity index is 412. The van der Waals surface area contributed by atoms with Crippen molar-refractivity contribution >= 4 is 5.91 Å². The zero-order valence-electron chi connectivity index (χ0n) is 11.4. The lowest BCUT2D eigenvalue weighted by molar-refractivity contribution is 0.0935. The lowest BCUT2D eigenvalue weighted by atomic mass is 10.3. The van der Waals surface area contributed by atoms with Crippen molar-refractivity contribution in [2.45, 2.75) is 32.4 Å². The van der Waals surface area contributed by atoms with Crippen LogP contribution in [0.1, 0.15) is 30.3 Å². The Morgan fingerprint density at radius 2 is 2.26 bits per heavy atom. The van der Waals surface area contributed by atoms with Crippen LogP contribution in [0.3, 0.4) is 0 Å². The first kappa shape index (κ1) is 14.0. The third-order valence-electron chi connectivity index (χ3n) is 3.45. The van der Waals surface area contributed by atoms with Crippen molar-refractivity contribution in [3.63, 3.8) is 0 Å². The molecule has 2 rings (SSSR count). The molecule has 1 aliphatic rings. The van der Waals surface area contributed by atoms with Crippen LogP contribution in [-0.2, 0) is 6.54 Å². The number of carbonyl (C=O) groups is 1. The summed E-state index contributed by atoms with van der Waals surface area (Å²) in [5.74, 6) is -0.172. The minimum Gasteiger partial charge on any atom is -0.349 e. The molecule has 0 saturated carbocycles. The van der Waals surface area contributed by atoms with Gasteiger partial charge in [0, 0.05) is 19.1 Å². The van der Waals surface area contributed by atoms with Crippen molar-refractivity contribution in [3.05, 3.63) is 11.9 Å². The van der Waals surface area contributed by atoms with E-state index in [0.29, 0.717) is 31.4 Å². The predicted molar refractivity (Wildman–Crippen MR) is 71.7 cm³/mol. The summed E-state index contributed by atoms with van der Waals surface area (Å²) in [6, 6.07) is 0.366. The summed E-state index contributed by atoms with van der Waals surface area (Å²) in [7, 11) is 0. The van der Waals surface area contributed by atoms with Crippen molar-refractivity contribution in [1.82, 2.24) is 25.2 Å². The highest BCUT2D eigenvalue weighted by Gasteiger charge is 2.19. The Balaban J connectivity index is 1.79. The molecule has 1 saturated heterocycles. The smallest absolute Gasteiger partial charge is 0.273 e. The standard InChI is InChI=1S/C12H22N6O/c1-10(17-5-2-3-6-17)8-14-12(19)11-9-18(7-4-13)16-15-11/h9-10H,2-8,13H2,1H3,(H,14,19). The van der Waals surface area contributed by atoms with E-state index in [1.807, 2.05) is 0 Å². The summed E-state index contributed by atoms with van der Waals surface area (Å²) in [6.45, 7) is 6.09. The Labute approximate surface area is 113 Å². The Morgan fingerprint density at radius 3 is 2.95 bits per heavy atom. The van der Waals surface area contributed by atoms with Gasteiger partial charge in [-0.3, -0.25) is 14.4 Å². The average Bonchev–Trinajstić information content (AvgIpc) is 3.06. The van der Waals surface area contributed by atoms with Crippen molar-refractivity contribution in [2.24, 2.45) is 5.73 Å². The maximum absolute atomic E-state index is 11.9. The second kappa shape index (κ2) is 6.63. The molecule has 1 amide bonds. The highest BCUT2D eigenvalue weighted by atomic mass is 16.2.